The molecule has 1 saturated heterocycles. The lowest BCUT2D eigenvalue weighted by Crippen LogP contribution is -2.47. The van der Waals surface area contributed by atoms with Crippen LogP contribution in [0.25, 0.3) is 5.65 Å². The second-order valence-corrected chi connectivity index (χ2v) is 7.89. The lowest BCUT2D eigenvalue weighted by Gasteiger charge is -2.36. The maximum Gasteiger partial charge on any atom is 0.203 e. The van der Waals surface area contributed by atoms with E-state index in [0.717, 1.165) is 49.2 Å². The minimum Gasteiger partial charge on any atom is -0.497 e. The van der Waals surface area contributed by atoms with Crippen molar-refractivity contribution in [3.8, 4) is 5.75 Å². The number of fused-ring (bicyclic) bond motifs is 1. The summed E-state index contributed by atoms with van der Waals surface area (Å²) in [7, 11) is 1.70. The molecule has 1 aliphatic heterocycles. The minimum atomic E-state index is -0.0664. The van der Waals surface area contributed by atoms with E-state index in [0.29, 0.717) is 0 Å². The average Bonchev–Trinajstić information content (AvgIpc) is 3.13. The Kier molecular flexibility index (Phi) is 4.37. The van der Waals surface area contributed by atoms with Crippen molar-refractivity contribution in [1.82, 2.24) is 19.6 Å². The number of methoxy groups -OCH3 is 1. The molecule has 7 heteroatoms. The first kappa shape index (κ1) is 17.6. The average molecular weight is 366 g/mol. The number of aromatic nitrogens is 4. The Morgan fingerprint density at radius 2 is 1.74 bits per heavy atom. The van der Waals surface area contributed by atoms with Gasteiger partial charge in [0.25, 0.3) is 0 Å². The third-order valence-electron chi connectivity index (χ3n) is 4.98. The summed E-state index contributed by atoms with van der Waals surface area (Å²) in [5.41, 5.74) is 1.96. The van der Waals surface area contributed by atoms with E-state index in [4.69, 9.17) is 4.74 Å². The molecule has 0 N–H and O–H groups in total. The molecule has 1 aliphatic rings. The van der Waals surface area contributed by atoms with Gasteiger partial charge in [-0.2, -0.15) is 0 Å². The van der Waals surface area contributed by atoms with Crippen molar-refractivity contribution in [2.24, 2.45) is 0 Å². The fourth-order valence-corrected chi connectivity index (χ4v) is 3.53. The van der Waals surface area contributed by atoms with E-state index in [1.165, 1.54) is 5.69 Å². The lowest BCUT2D eigenvalue weighted by molar-refractivity contribution is 0.414. The molecule has 1 aromatic carbocycles. The second-order valence-electron chi connectivity index (χ2n) is 7.89. The number of rotatable bonds is 3. The van der Waals surface area contributed by atoms with Gasteiger partial charge in [-0.25, -0.2) is 4.98 Å². The summed E-state index contributed by atoms with van der Waals surface area (Å²) >= 11 is 0. The van der Waals surface area contributed by atoms with Crippen molar-refractivity contribution >= 4 is 17.2 Å². The zero-order valence-electron chi connectivity index (χ0n) is 16.4. The van der Waals surface area contributed by atoms with Crippen molar-refractivity contribution in [3.63, 3.8) is 0 Å². The molecule has 0 atom stereocenters. The van der Waals surface area contributed by atoms with E-state index in [9.17, 15) is 0 Å². The molecular weight excluding hydrogens is 340 g/mol. The number of piperazine rings is 1. The summed E-state index contributed by atoms with van der Waals surface area (Å²) in [4.78, 5) is 9.29. The van der Waals surface area contributed by atoms with Crippen LogP contribution in [0.15, 0.2) is 36.7 Å². The normalized spacial score (nSPS) is 15.4. The van der Waals surface area contributed by atoms with E-state index in [1.54, 1.807) is 7.11 Å². The Labute approximate surface area is 159 Å². The molecule has 3 heterocycles. The van der Waals surface area contributed by atoms with Crippen LogP contribution in [0.3, 0.4) is 0 Å². The highest BCUT2D eigenvalue weighted by Gasteiger charge is 2.25. The summed E-state index contributed by atoms with van der Waals surface area (Å²) in [6, 6.07) is 8.23. The number of hydrogen-bond acceptors (Lipinski definition) is 6. The molecule has 1 fully saturated rings. The van der Waals surface area contributed by atoms with Gasteiger partial charge in [0.2, 0.25) is 5.65 Å². The van der Waals surface area contributed by atoms with Crippen molar-refractivity contribution in [2.45, 2.75) is 26.2 Å². The number of hydrogen-bond donors (Lipinski definition) is 0. The molecule has 0 aliphatic carbocycles. The minimum absolute atomic E-state index is 0.0664. The Hall–Kier alpha value is -2.83. The summed E-state index contributed by atoms with van der Waals surface area (Å²) < 4.78 is 7.42. The molecule has 4 rings (SSSR count). The van der Waals surface area contributed by atoms with Crippen LogP contribution < -0.4 is 14.5 Å². The summed E-state index contributed by atoms with van der Waals surface area (Å²) in [6.07, 6.45) is 3.79. The van der Waals surface area contributed by atoms with Crippen molar-refractivity contribution in [1.29, 1.82) is 0 Å². The predicted octanol–water partition coefficient (Wildman–Crippen LogP) is 2.76. The molecule has 27 heavy (non-hydrogen) atoms. The lowest BCUT2D eigenvalue weighted by atomic mass is 9.96. The van der Waals surface area contributed by atoms with Gasteiger partial charge in [0, 0.05) is 55.7 Å². The van der Waals surface area contributed by atoms with Crippen LogP contribution in [0.2, 0.25) is 0 Å². The summed E-state index contributed by atoms with van der Waals surface area (Å²) in [5.74, 6) is 2.75. The smallest absolute Gasteiger partial charge is 0.203 e. The molecule has 7 nitrogen and oxygen atoms in total. The van der Waals surface area contributed by atoms with Crippen LogP contribution in [0.1, 0.15) is 26.6 Å². The van der Waals surface area contributed by atoms with Crippen molar-refractivity contribution in [3.05, 3.63) is 42.5 Å². The molecule has 3 aromatic rings. The quantitative estimate of drug-likeness (QED) is 0.710. The predicted molar refractivity (Wildman–Crippen MR) is 107 cm³/mol. The Bertz CT molecular complexity index is 937. The van der Waals surface area contributed by atoms with E-state index in [-0.39, 0.29) is 5.41 Å². The number of nitrogens with zero attached hydrogens (tertiary/aromatic N) is 6. The molecule has 142 valence electrons. The molecular formula is C20H26N6O. The van der Waals surface area contributed by atoms with Crippen LogP contribution in [0, 0.1) is 0 Å². The Morgan fingerprint density at radius 3 is 2.44 bits per heavy atom. The summed E-state index contributed by atoms with van der Waals surface area (Å²) in [5, 5.41) is 8.86. The maximum atomic E-state index is 5.35. The van der Waals surface area contributed by atoms with E-state index in [2.05, 4.69) is 62.3 Å². The highest BCUT2D eigenvalue weighted by molar-refractivity contribution is 5.65. The summed E-state index contributed by atoms with van der Waals surface area (Å²) in [6.45, 7) is 10.1. The molecule has 0 unspecified atom stereocenters. The molecule has 0 saturated carbocycles. The van der Waals surface area contributed by atoms with Crippen LogP contribution in [0.4, 0.5) is 11.5 Å². The Morgan fingerprint density at radius 1 is 1.00 bits per heavy atom. The van der Waals surface area contributed by atoms with E-state index >= 15 is 0 Å². The molecule has 0 radical (unpaired) electrons. The highest BCUT2D eigenvalue weighted by atomic mass is 16.5. The largest absolute Gasteiger partial charge is 0.497 e. The highest BCUT2D eigenvalue weighted by Crippen LogP contribution is 2.27. The van der Waals surface area contributed by atoms with Gasteiger partial charge in [0.05, 0.1) is 7.11 Å². The van der Waals surface area contributed by atoms with E-state index < -0.39 is 0 Å². The maximum absolute atomic E-state index is 5.35. The van der Waals surface area contributed by atoms with Gasteiger partial charge in [0.15, 0.2) is 5.82 Å². The van der Waals surface area contributed by atoms with Crippen molar-refractivity contribution in [2.75, 3.05) is 43.1 Å². The first-order valence-electron chi connectivity index (χ1n) is 9.31. The number of benzene rings is 1. The fraction of sp³-hybridized carbons (Fsp3) is 0.450. The van der Waals surface area contributed by atoms with Gasteiger partial charge in [-0.05, 0) is 12.1 Å². The van der Waals surface area contributed by atoms with Crippen molar-refractivity contribution < 1.29 is 4.74 Å². The van der Waals surface area contributed by atoms with Gasteiger partial charge in [0.1, 0.15) is 11.6 Å². The standard InChI is InChI=1S/C20H26N6O/c1-20(2,3)19-23-22-18-17(21-8-9-26(18)19)25-12-10-24(11-13-25)15-6-5-7-16(14-15)27-4/h5-9,14H,10-13H2,1-4H3. The number of ether oxygens (including phenoxy) is 1. The molecule has 0 bridgehead atoms. The molecule has 0 spiro atoms. The third-order valence-corrected chi connectivity index (χ3v) is 4.98. The monoisotopic (exact) mass is 366 g/mol. The third kappa shape index (κ3) is 3.29. The van der Waals surface area contributed by atoms with Gasteiger partial charge in [-0.3, -0.25) is 4.40 Å². The van der Waals surface area contributed by atoms with Gasteiger partial charge < -0.3 is 14.5 Å². The zero-order valence-corrected chi connectivity index (χ0v) is 16.4. The van der Waals surface area contributed by atoms with Gasteiger partial charge in [-0.1, -0.05) is 26.8 Å². The number of anilines is 2. The van der Waals surface area contributed by atoms with Crippen LogP contribution >= 0.6 is 0 Å². The van der Waals surface area contributed by atoms with E-state index in [1.807, 2.05) is 24.5 Å². The zero-order chi connectivity index (χ0) is 19.0. The van der Waals surface area contributed by atoms with Crippen LogP contribution in [0.5, 0.6) is 5.75 Å². The molecule has 2 aromatic heterocycles. The molecule has 0 amide bonds. The SMILES string of the molecule is COc1cccc(N2CCN(c3nccn4c(C(C)(C)C)nnc34)CC2)c1. The van der Waals surface area contributed by atoms with Crippen LogP contribution in [-0.2, 0) is 5.41 Å². The first-order chi connectivity index (χ1) is 13.0. The van der Waals surface area contributed by atoms with Gasteiger partial charge in [-0.15, -0.1) is 10.2 Å². The first-order valence-corrected chi connectivity index (χ1v) is 9.31. The topological polar surface area (TPSA) is 58.8 Å². The second kappa shape index (κ2) is 6.72. The van der Waals surface area contributed by atoms with Crippen LogP contribution in [-0.4, -0.2) is 52.9 Å². The fourth-order valence-electron chi connectivity index (χ4n) is 3.53. The van der Waals surface area contributed by atoms with Gasteiger partial charge >= 0.3 is 0 Å². The Balaban J connectivity index is 1.55.